The number of hydrogen-bond acceptors (Lipinski definition) is 32. The molecule has 4 fully saturated rings. The van der Waals surface area contributed by atoms with Gasteiger partial charge >= 0.3 is 81.2 Å². The molecular weight excluding hydrogens is 1830 g/mol. The number of aliphatic hydroxyl groups excluding tert-OH is 6. The van der Waals surface area contributed by atoms with Gasteiger partial charge in [0.25, 0.3) is 0 Å². The number of aldehydes is 2. The van der Waals surface area contributed by atoms with Gasteiger partial charge in [-0.1, -0.05) is 64.2 Å². The van der Waals surface area contributed by atoms with Gasteiger partial charge in [-0.3, -0.25) is 13.7 Å². The molecule has 0 bridgehead atoms. The van der Waals surface area contributed by atoms with Crippen LogP contribution in [0.1, 0.15) is 91.3 Å². The Morgan fingerprint density at radius 1 is 0.453 bits per heavy atom. The van der Waals surface area contributed by atoms with Gasteiger partial charge < -0.3 is 122 Å². The summed E-state index contributed by atoms with van der Waals surface area (Å²) in [5.74, 6) is 0. The molecule has 0 aromatic rings. The molecule has 106 heavy (non-hydrogen) atoms. The van der Waals surface area contributed by atoms with Crippen LogP contribution in [0.5, 0.6) is 0 Å². The van der Waals surface area contributed by atoms with E-state index < -0.39 is 37.7 Å². The second kappa shape index (κ2) is 88.3. The van der Waals surface area contributed by atoms with Crippen molar-refractivity contribution in [3.63, 3.8) is 0 Å². The van der Waals surface area contributed by atoms with E-state index in [1.807, 2.05) is 17.1 Å². The molecule has 2 unspecified atom stereocenters. The number of epoxide rings is 1. The molecule has 7 aliphatic rings. The normalized spacial score (nSPS) is 17.8. The van der Waals surface area contributed by atoms with Crippen LogP contribution in [0.15, 0.2) is 41.6 Å². The Morgan fingerprint density at radius 3 is 0.868 bits per heavy atom. The van der Waals surface area contributed by atoms with Crippen LogP contribution in [0.2, 0.25) is 0 Å². The topological polar surface area (TPSA) is 454 Å². The maximum absolute atomic E-state index is 10.8. The number of allylic oxidation sites excluding steroid dienone is 6. The number of alkyl halides is 1. The van der Waals surface area contributed by atoms with Crippen LogP contribution in [-0.4, -0.2) is 321 Å². The first-order valence-electron chi connectivity index (χ1n) is 34.5. The van der Waals surface area contributed by atoms with E-state index in [-0.39, 0.29) is 121 Å². The number of halogens is 2. The Balaban J connectivity index is -0.000000176. The fraction of sp³-hybridized carbons (Fsp3) is 0.884. The van der Waals surface area contributed by atoms with Gasteiger partial charge in [0.2, 0.25) is 0 Å². The number of nitroso groups, excluding NO2 is 1. The van der Waals surface area contributed by atoms with Crippen molar-refractivity contribution in [1.82, 2.24) is 0 Å². The van der Waals surface area contributed by atoms with E-state index in [0.29, 0.717) is 164 Å². The van der Waals surface area contributed by atoms with E-state index in [0.717, 1.165) is 104 Å². The van der Waals surface area contributed by atoms with Crippen LogP contribution >= 0.6 is 22.6 Å². The van der Waals surface area contributed by atoms with Gasteiger partial charge in [-0.15, -0.1) is 0 Å². The summed E-state index contributed by atoms with van der Waals surface area (Å²) in [6, 6.07) is 0. The number of ether oxygens (including phenoxy) is 17. The number of rotatable bonds is 44. The van der Waals surface area contributed by atoms with Crippen molar-refractivity contribution in [2.45, 2.75) is 102 Å². The first-order chi connectivity index (χ1) is 50.3. The maximum atomic E-state index is 10.8. The van der Waals surface area contributed by atoms with Gasteiger partial charge in [-0.2, -0.15) is 4.91 Å². The van der Waals surface area contributed by atoms with Gasteiger partial charge in [0.15, 0.2) is 0 Å². The quantitative estimate of drug-likeness (QED) is 0.00482. The van der Waals surface area contributed by atoms with Gasteiger partial charge in [-0.05, 0) is 82.0 Å². The second-order valence-electron chi connectivity index (χ2n) is 24.4. The fourth-order valence-corrected chi connectivity index (χ4v) is 9.66. The zero-order valence-electron chi connectivity index (χ0n) is 66.2. The van der Waals surface area contributed by atoms with Gasteiger partial charge in [0.05, 0.1) is 204 Å². The van der Waals surface area contributed by atoms with Gasteiger partial charge in [0.1, 0.15) is 32.7 Å². The summed E-state index contributed by atoms with van der Waals surface area (Å²) in [7, 11) is 11.0. The predicted molar refractivity (Wildman–Crippen MR) is 380 cm³/mol. The number of carbonyl (C=O) groups excluding carboxylic acids is 2. The van der Waals surface area contributed by atoms with Crippen molar-refractivity contribution in [3.05, 3.63) is 41.4 Å². The van der Waals surface area contributed by atoms with Gasteiger partial charge in [-0.25, -0.2) is 0 Å². The van der Waals surface area contributed by atoms with Crippen molar-refractivity contribution in [1.29, 1.82) is 0 Å². The van der Waals surface area contributed by atoms with Crippen LogP contribution in [0.4, 0.5) is 0 Å². The Bertz CT molecular complexity index is 1780. The molecule has 32 nitrogen and oxygen atoms in total. The number of nitrogens with zero attached hydrogens (tertiary/aromatic N) is 1. The number of aliphatic hydroxyl groups is 6. The molecule has 0 spiro atoms. The standard InChI is InChI=1S/C13H26O6.C13H24O6.C13H24O4.C11H20O4.C7H12O2.2C4H8O.C2H4O.CH3I.CH3NO.IO4.2Na.O.Os.H/c1-16-3-5-18-9-13(10-19-6-4-17-2)7-11(14)12(15)8-13;1-16-7-9-18-11-13(3-5-14,4-6-15)12-19-10-8-17-2;1-14-7-9-16-11-13(5-3-4-6-13)12-17-10-8-15-2;12-5-7-14-9-11(3-1-2-4-11)10-15-8-6-13;8-5-7(6-9)3-1-2-4-7;2*1-2-4-5-3-1;1-2-3-1;1-2;1-2-3;2-1(3,4)5;;;;;/h11-12,14-15H,3-10H2,1-2H3;5-6H,3-4,7-12H2,1-2H3;3-4H,5-12H2,1-2H3;1-2,12-13H,3-10H2;1-2,8-9H,3-6H2;2*1-4H2;1-2H2;1H3;1H3;;;;;;/q;;;;;;;;;;-1;2*+1;;;-1. The molecule has 37 heteroatoms. The Kier molecular flexibility index (Phi) is 100. The van der Waals surface area contributed by atoms with Gasteiger partial charge in [0, 0.05) is 109 Å². The monoisotopic (exact) mass is 1960 g/mol. The molecule has 6 N–H and O–H groups in total. The van der Waals surface area contributed by atoms with Crippen molar-refractivity contribution in [3.8, 4) is 0 Å². The molecule has 1 saturated carbocycles. The van der Waals surface area contributed by atoms with E-state index in [1.165, 1.54) is 32.7 Å². The van der Waals surface area contributed by atoms with E-state index >= 15 is 0 Å². The molecular formula is C69H133I2NNa2O31Os. The minimum absolute atomic E-state index is 0. The molecule has 3 saturated heterocycles. The third kappa shape index (κ3) is 77.5. The van der Waals surface area contributed by atoms with Crippen molar-refractivity contribution < 1.29 is 237 Å². The molecule has 0 aromatic heterocycles. The SMILES string of the molecule is C1CCOC1.C1CCOC1.C1CO1.CI.CN=O.COCCOCC(CC=O)(CC=O)COCCOC.COCCOCC1(COCCOC)CC(O)C(O)C1.COCCOCC1(COCCOC)CC=CC1.OCC1(CO)CC=CC1.OCCOCC1(COCCO)CC=CC1.[H-].[Na+].[Na+].[O-][I+3]([O-])([O-])[O-].[O]=[Os]. The number of hydrogen-bond donors (Lipinski definition) is 6. The summed E-state index contributed by atoms with van der Waals surface area (Å²) in [6.07, 6.45) is 25.0. The third-order valence-electron chi connectivity index (χ3n) is 15.4. The first-order valence-corrected chi connectivity index (χ1v) is 41.3. The van der Waals surface area contributed by atoms with Crippen molar-refractivity contribution in [2.24, 2.45) is 32.3 Å². The summed E-state index contributed by atoms with van der Waals surface area (Å²) in [5.41, 5.74) is -0.989. The van der Waals surface area contributed by atoms with Crippen molar-refractivity contribution in [2.75, 3.05) is 266 Å². The average molecular weight is 1960 g/mol. The van der Waals surface area contributed by atoms with Crippen LogP contribution in [0.25, 0.3) is 0 Å². The van der Waals surface area contributed by atoms with Crippen LogP contribution < -0.4 is 93.0 Å². The second-order valence-corrected chi connectivity index (χ2v) is 26.5. The molecule has 624 valence electrons. The summed E-state index contributed by atoms with van der Waals surface area (Å²) in [5, 5.41) is 56.6. The first kappa shape index (κ1) is 120. The molecule has 4 aliphatic carbocycles. The van der Waals surface area contributed by atoms with Crippen LogP contribution in [-0.2, 0) is 112 Å². The molecule has 0 amide bonds. The molecule has 0 radical (unpaired) electrons. The molecule has 7 rings (SSSR count). The summed E-state index contributed by atoms with van der Waals surface area (Å²) >= 11 is -3.18. The average Bonchev–Trinajstić information content (AvgIpc) is 1.66. The molecule has 2 atom stereocenters. The Hall–Kier alpha value is 0.976. The molecule has 0 aromatic carbocycles. The van der Waals surface area contributed by atoms with Crippen LogP contribution in [0, 0.1) is 32.0 Å². The Morgan fingerprint density at radius 2 is 0.679 bits per heavy atom. The third-order valence-corrected chi connectivity index (χ3v) is 15.4. The number of methoxy groups -OCH3 is 6. The summed E-state index contributed by atoms with van der Waals surface area (Å²) in [4.78, 5) is 32.1. The minimum atomic E-state index is -5.94. The summed E-state index contributed by atoms with van der Waals surface area (Å²) < 4.78 is 131. The number of carbonyl (C=O) groups is 2. The van der Waals surface area contributed by atoms with E-state index in [2.05, 4.69) is 56.8 Å². The Labute approximate surface area is 707 Å². The van der Waals surface area contributed by atoms with Crippen LogP contribution in [0.3, 0.4) is 0 Å². The van der Waals surface area contributed by atoms with E-state index in [4.69, 9.17) is 118 Å². The van der Waals surface area contributed by atoms with Crippen molar-refractivity contribution >= 4 is 35.2 Å². The van der Waals surface area contributed by atoms with E-state index in [9.17, 15) is 19.8 Å². The molecule has 3 heterocycles. The predicted octanol–water partition coefficient (Wildman–Crippen LogP) is -8.12. The van der Waals surface area contributed by atoms with E-state index in [1.54, 1.807) is 42.7 Å². The fourth-order valence-electron chi connectivity index (χ4n) is 9.66. The zero-order valence-corrected chi connectivity index (χ0v) is 76.1. The summed E-state index contributed by atoms with van der Waals surface area (Å²) in [6.45, 7) is 17.7. The zero-order chi connectivity index (χ0) is 79.1. The molecule has 3 aliphatic heterocycles.